The van der Waals surface area contributed by atoms with Crippen LogP contribution >= 0.6 is 10.5 Å². The van der Waals surface area contributed by atoms with Gasteiger partial charge in [-0.25, -0.2) is 9.50 Å². The number of rotatable bonds is 3. The predicted octanol–water partition coefficient (Wildman–Crippen LogP) is 2.35. The second kappa shape index (κ2) is 7.96. The van der Waals surface area contributed by atoms with Crippen molar-refractivity contribution in [2.45, 2.75) is 51.1 Å². The van der Waals surface area contributed by atoms with Crippen LogP contribution in [0.3, 0.4) is 0 Å². The van der Waals surface area contributed by atoms with E-state index in [2.05, 4.69) is 40.6 Å². The highest BCUT2D eigenvalue weighted by Crippen LogP contribution is 2.35. The quantitative estimate of drug-likeness (QED) is 0.759. The standard InChI is InChI=1S/C22H32N6OS/c1-15-12-28-20(24-21(15)26-9-6-17(23)13-26)11-18(25-28)19-5-3-4-8-27(19)22(29)16-7-10-30(2)14-16/h10-12,16-17,19H,3-9,13-14,23H2,1-2H3. The highest BCUT2D eigenvalue weighted by Gasteiger charge is 2.35. The third-order valence-corrected chi connectivity index (χ3v) is 8.44. The molecule has 8 heteroatoms. The molecule has 5 heterocycles. The molecular formula is C22H32N6OS. The molecule has 5 rings (SSSR count). The first kappa shape index (κ1) is 20.0. The van der Waals surface area contributed by atoms with Gasteiger partial charge in [0.1, 0.15) is 5.82 Å². The molecule has 0 bridgehead atoms. The van der Waals surface area contributed by atoms with E-state index in [9.17, 15) is 4.79 Å². The fourth-order valence-corrected chi connectivity index (χ4v) is 6.74. The number of aromatic nitrogens is 3. The van der Waals surface area contributed by atoms with Crippen LogP contribution in [0.1, 0.15) is 49.4 Å². The molecule has 3 aliphatic rings. The van der Waals surface area contributed by atoms with E-state index in [1.54, 1.807) is 0 Å². The number of fused-ring (bicyclic) bond motifs is 1. The van der Waals surface area contributed by atoms with E-state index < -0.39 is 0 Å². The maximum Gasteiger partial charge on any atom is 0.227 e. The molecule has 30 heavy (non-hydrogen) atoms. The highest BCUT2D eigenvalue weighted by atomic mass is 32.2. The summed E-state index contributed by atoms with van der Waals surface area (Å²) in [5, 5.41) is 7.19. The zero-order chi connectivity index (χ0) is 20.8. The van der Waals surface area contributed by atoms with Crippen molar-refractivity contribution in [1.29, 1.82) is 0 Å². The molecule has 7 nitrogen and oxygen atoms in total. The number of carbonyl (C=O) groups excluding carboxylic acids is 1. The van der Waals surface area contributed by atoms with Crippen molar-refractivity contribution < 1.29 is 4.79 Å². The average molecular weight is 429 g/mol. The Bertz CT molecular complexity index is 1000. The summed E-state index contributed by atoms with van der Waals surface area (Å²) in [5.41, 5.74) is 9.04. The number of amides is 1. The van der Waals surface area contributed by atoms with Crippen LogP contribution in [0.15, 0.2) is 12.3 Å². The van der Waals surface area contributed by atoms with Crippen molar-refractivity contribution in [3.63, 3.8) is 0 Å². The summed E-state index contributed by atoms with van der Waals surface area (Å²) in [6.45, 7) is 4.73. The Hall–Kier alpha value is -1.93. The second-order valence-electron chi connectivity index (χ2n) is 9.11. The first-order valence-corrected chi connectivity index (χ1v) is 13.0. The van der Waals surface area contributed by atoms with Gasteiger partial charge in [-0.3, -0.25) is 4.79 Å². The van der Waals surface area contributed by atoms with Gasteiger partial charge in [0.05, 0.1) is 17.7 Å². The summed E-state index contributed by atoms with van der Waals surface area (Å²) in [6, 6.07) is 2.37. The molecule has 162 valence electrons. The first-order chi connectivity index (χ1) is 14.5. The lowest BCUT2D eigenvalue weighted by molar-refractivity contribution is -0.138. The third kappa shape index (κ3) is 3.64. The Morgan fingerprint density at radius 3 is 2.87 bits per heavy atom. The van der Waals surface area contributed by atoms with Gasteiger partial charge in [0.15, 0.2) is 5.65 Å². The van der Waals surface area contributed by atoms with Crippen molar-refractivity contribution in [1.82, 2.24) is 19.5 Å². The van der Waals surface area contributed by atoms with Gasteiger partial charge in [0, 0.05) is 43.5 Å². The molecule has 2 aromatic heterocycles. The monoisotopic (exact) mass is 428 g/mol. The SMILES string of the molecule is Cc1cn2nc(C3CCCCN3C(=O)C3CC=S(C)C3)cc2nc1N1CCC(N)C1. The molecule has 0 spiro atoms. The Morgan fingerprint density at radius 1 is 1.27 bits per heavy atom. The number of aryl methyl sites for hydroxylation is 1. The van der Waals surface area contributed by atoms with Crippen LogP contribution in [0.5, 0.6) is 0 Å². The maximum atomic E-state index is 13.3. The van der Waals surface area contributed by atoms with Gasteiger partial charge < -0.3 is 15.5 Å². The summed E-state index contributed by atoms with van der Waals surface area (Å²) in [6.07, 6.45) is 9.44. The van der Waals surface area contributed by atoms with Gasteiger partial charge in [-0.05, 0) is 51.0 Å². The first-order valence-electron chi connectivity index (χ1n) is 11.1. The summed E-state index contributed by atoms with van der Waals surface area (Å²) in [7, 11) is 0.279. The van der Waals surface area contributed by atoms with E-state index >= 15 is 0 Å². The van der Waals surface area contributed by atoms with Gasteiger partial charge in [0.25, 0.3) is 0 Å². The predicted molar refractivity (Wildman–Crippen MR) is 123 cm³/mol. The van der Waals surface area contributed by atoms with Crippen molar-refractivity contribution in [2.24, 2.45) is 11.7 Å². The van der Waals surface area contributed by atoms with Crippen LogP contribution < -0.4 is 10.6 Å². The Balaban J connectivity index is 1.43. The Labute approximate surface area is 180 Å². The van der Waals surface area contributed by atoms with E-state index in [0.29, 0.717) is 5.91 Å². The van der Waals surface area contributed by atoms with E-state index in [-0.39, 0.29) is 28.5 Å². The van der Waals surface area contributed by atoms with Crippen LogP contribution in [0.2, 0.25) is 0 Å². The summed E-state index contributed by atoms with van der Waals surface area (Å²) >= 11 is 0. The molecule has 2 fully saturated rings. The lowest BCUT2D eigenvalue weighted by Gasteiger charge is -2.36. The smallest absolute Gasteiger partial charge is 0.227 e. The molecule has 4 unspecified atom stereocenters. The second-order valence-corrected chi connectivity index (χ2v) is 11.2. The fourth-order valence-electron chi connectivity index (χ4n) is 5.13. The van der Waals surface area contributed by atoms with Gasteiger partial charge in [0.2, 0.25) is 5.91 Å². The molecule has 4 atom stereocenters. The molecule has 2 aromatic rings. The van der Waals surface area contributed by atoms with Crippen LogP contribution in [0.4, 0.5) is 5.82 Å². The molecule has 2 saturated heterocycles. The van der Waals surface area contributed by atoms with Crippen molar-refractivity contribution in [3.8, 4) is 0 Å². The largest absolute Gasteiger partial charge is 0.355 e. The van der Waals surface area contributed by atoms with E-state index in [1.165, 1.54) is 0 Å². The minimum Gasteiger partial charge on any atom is -0.355 e. The van der Waals surface area contributed by atoms with Gasteiger partial charge in [-0.15, -0.1) is 0 Å². The van der Waals surface area contributed by atoms with Gasteiger partial charge in [-0.1, -0.05) is 5.37 Å². The highest BCUT2D eigenvalue weighted by molar-refractivity contribution is 8.14. The third-order valence-electron chi connectivity index (χ3n) is 6.75. The average Bonchev–Trinajstić information content (AvgIpc) is 3.46. The maximum absolute atomic E-state index is 13.3. The molecule has 0 aliphatic carbocycles. The normalized spacial score (nSPS) is 29.6. The zero-order valence-electron chi connectivity index (χ0n) is 18.0. The molecule has 0 saturated carbocycles. The molecule has 2 N–H and O–H groups in total. The lowest BCUT2D eigenvalue weighted by atomic mass is 9.96. The number of likely N-dealkylation sites (tertiary alicyclic amines) is 1. The number of hydrogen-bond donors (Lipinski definition) is 1. The number of piperidine rings is 1. The number of nitrogens with two attached hydrogens (primary N) is 1. The number of nitrogens with zero attached hydrogens (tertiary/aromatic N) is 5. The van der Waals surface area contributed by atoms with Crippen molar-refractivity contribution >= 4 is 33.2 Å². The van der Waals surface area contributed by atoms with Crippen LogP contribution in [-0.4, -0.2) is 68.5 Å². The molecular weight excluding hydrogens is 396 g/mol. The number of hydrogen-bond acceptors (Lipinski definition) is 5. The van der Waals surface area contributed by atoms with Gasteiger partial charge in [-0.2, -0.15) is 15.6 Å². The minimum absolute atomic E-state index is 0.0659. The number of carbonyl (C=O) groups is 1. The fraction of sp³-hybridized carbons (Fsp3) is 0.636. The van der Waals surface area contributed by atoms with Crippen LogP contribution in [0, 0.1) is 12.8 Å². The Morgan fingerprint density at radius 2 is 2.13 bits per heavy atom. The molecule has 3 aliphatic heterocycles. The summed E-state index contributed by atoms with van der Waals surface area (Å²) < 4.78 is 1.88. The molecule has 1 amide bonds. The molecule has 0 aromatic carbocycles. The number of anilines is 1. The lowest BCUT2D eigenvalue weighted by Crippen LogP contribution is -2.42. The van der Waals surface area contributed by atoms with E-state index in [0.717, 1.165) is 80.2 Å². The molecule has 0 radical (unpaired) electrons. The van der Waals surface area contributed by atoms with Crippen molar-refractivity contribution in [3.05, 3.63) is 23.5 Å². The summed E-state index contributed by atoms with van der Waals surface area (Å²) in [4.78, 5) is 22.6. The van der Waals surface area contributed by atoms with Crippen LogP contribution in [-0.2, 0) is 4.79 Å². The van der Waals surface area contributed by atoms with E-state index in [4.69, 9.17) is 15.8 Å². The minimum atomic E-state index is 0.0659. The van der Waals surface area contributed by atoms with Crippen LogP contribution in [0.25, 0.3) is 5.65 Å². The Kier molecular flexibility index (Phi) is 5.31. The topological polar surface area (TPSA) is 79.8 Å². The van der Waals surface area contributed by atoms with Crippen molar-refractivity contribution in [2.75, 3.05) is 36.5 Å². The zero-order valence-corrected chi connectivity index (χ0v) is 18.8. The van der Waals surface area contributed by atoms with E-state index in [1.807, 2.05) is 4.52 Å². The van der Waals surface area contributed by atoms with Gasteiger partial charge >= 0.3 is 0 Å². The summed E-state index contributed by atoms with van der Waals surface area (Å²) in [5.74, 6) is 2.49.